The van der Waals surface area contributed by atoms with E-state index >= 15 is 0 Å². The molecule has 0 aromatic carbocycles. The third-order valence-corrected chi connectivity index (χ3v) is 4.28. The molecule has 104 valence electrons. The number of amides is 1. The summed E-state index contributed by atoms with van der Waals surface area (Å²) in [6.45, 7) is 0.458. The molecule has 0 bridgehead atoms. The summed E-state index contributed by atoms with van der Waals surface area (Å²) in [5.41, 5.74) is 1.17. The number of aliphatic hydroxyl groups is 1. The molecule has 1 aromatic rings. The number of pyridine rings is 1. The first-order valence-corrected chi connectivity index (χ1v) is 7.71. The second-order valence-corrected chi connectivity index (χ2v) is 6.01. The summed E-state index contributed by atoms with van der Waals surface area (Å²) in [5.74, 6) is 1.77. The van der Waals surface area contributed by atoms with Crippen molar-refractivity contribution in [1.29, 1.82) is 0 Å². The normalized spacial score (nSPS) is 16.1. The molecule has 1 N–H and O–H groups in total. The number of likely N-dealkylation sites (N-methyl/N-ethyl adjacent to an activating group) is 1. The van der Waals surface area contributed by atoms with Gasteiger partial charge in [0.25, 0.3) is 0 Å². The molecule has 1 saturated carbocycles. The lowest BCUT2D eigenvalue weighted by Crippen LogP contribution is -2.36. The first-order valence-electron chi connectivity index (χ1n) is 6.55. The summed E-state index contributed by atoms with van der Waals surface area (Å²) in [4.78, 5) is 17.5. The first-order chi connectivity index (χ1) is 9.16. The van der Waals surface area contributed by atoms with Gasteiger partial charge in [0.15, 0.2) is 0 Å². The molecule has 19 heavy (non-hydrogen) atoms. The number of carbonyl (C=O) groups excluding carboxylic acids is 1. The molecule has 1 amide bonds. The summed E-state index contributed by atoms with van der Waals surface area (Å²) in [6, 6.07) is 3.91. The quantitative estimate of drug-likeness (QED) is 0.823. The second-order valence-electron chi connectivity index (χ2n) is 5.03. The van der Waals surface area contributed by atoms with Gasteiger partial charge in [-0.1, -0.05) is 0 Å². The Morgan fingerprint density at radius 3 is 2.84 bits per heavy atom. The fourth-order valence-electron chi connectivity index (χ4n) is 1.86. The van der Waals surface area contributed by atoms with Crippen LogP contribution < -0.4 is 0 Å². The van der Waals surface area contributed by atoms with E-state index in [0.29, 0.717) is 18.2 Å². The zero-order valence-corrected chi connectivity index (χ0v) is 12.0. The number of hydrogen-bond acceptors (Lipinski definition) is 4. The Labute approximate surface area is 118 Å². The summed E-state index contributed by atoms with van der Waals surface area (Å²) < 4.78 is 0. The fourth-order valence-corrected chi connectivity index (χ4v) is 2.78. The van der Waals surface area contributed by atoms with E-state index in [4.69, 9.17) is 0 Å². The van der Waals surface area contributed by atoms with Gasteiger partial charge in [-0.15, -0.1) is 11.8 Å². The minimum absolute atomic E-state index is 0.0822. The van der Waals surface area contributed by atoms with E-state index in [2.05, 4.69) is 4.98 Å². The maximum atomic E-state index is 11.9. The fraction of sp³-hybridized carbons (Fsp3) is 0.571. The van der Waals surface area contributed by atoms with Gasteiger partial charge in [-0.05, 0) is 36.5 Å². The van der Waals surface area contributed by atoms with Crippen LogP contribution >= 0.6 is 11.8 Å². The van der Waals surface area contributed by atoms with Gasteiger partial charge < -0.3 is 10.0 Å². The van der Waals surface area contributed by atoms with Crippen LogP contribution in [0, 0.1) is 5.92 Å². The highest BCUT2D eigenvalue weighted by Crippen LogP contribution is 2.32. The van der Waals surface area contributed by atoms with Crippen LogP contribution in [-0.2, 0) is 10.5 Å². The number of aliphatic hydroxyl groups excluding tert-OH is 1. The van der Waals surface area contributed by atoms with Crippen LogP contribution in [0.5, 0.6) is 0 Å². The Morgan fingerprint density at radius 1 is 1.53 bits per heavy atom. The Morgan fingerprint density at radius 2 is 2.21 bits per heavy atom. The highest BCUT2D eigenvalue weighted by molar-refractivity contribution is 7.99. The topological polar surface area (TPSA) is 53.4 Å². The van der Waals surface area contributed by atoms with E-state index in [1.165, 1.54) is 5.56 Å². The Hall–Kier alpha value is -1.07. The summed E-state index contributed by atoms with van der Waals surface area (Å²) in [7, 11) is 1.76. The van der Waals surface area contributed by atoms with Gasteiger partial charge in [0.1, 0.15) is 0 Å². The number of thioether (sulfide) groups is 1. The molecule has 1 unspecified atom stereocenters. The van der Waals surface area contributed by atoms with Crippen molar-refractivity contribution < 1.29 is 9.90 Å². The van der Waals surface area contributed by atoms with Gasteiger partial charge in [0, 0.05) is 31.7 Å². The number of carbonyl (C=O) groups is 1. The summed E-state index contributed by atoms with van der Waals surface area (Å²) >= 11 is 1.59. The minimum atomic E-state index is -0.348. The molecule has 5 heteroatoms. The van der Waals surface area contributed by atoms with Crippen molar-refractivity contribution in [2.45, 2.75) is 24.7 Å². The number of hydrogen-bond donors (Lipinski definition) is 1. The van der Waals surface area contributed by atoms with Crippen molar-refractivity contribution in [1.82, 2.24) is 9.88 Å². The maximum absolute atomic E-state index is 11.9. The van der Waals surface area contributed by atoms with Gasteiger partial charge in [0.05, 0.1) is 11.9 Å². The average molecular weight is 280 g/mol. The molecule has 4 nitrogen and oxygen atoms in total. The second kappa shape index (κ2) is 6.91. The molecular formula is C14H20N2O2S. The molecule has 1 aliphatic rings. The van der Waals surface area contributed by atoms with Gasteiger partial charge in [0.2, 0.25) is 5.91 Å². The third-order valence-electron chi connectivity index (χ3n) is 3.30. The van der Waals surface area contributed by atoms with Gasteiger partial charge in [-0.2, -0.15) is 0 Å². The lowest BCUT2D eigenvalue weighted by Gasteiger charge is -2.20. The Bertz CT molecular complexity index is 409. The van der Waals surface area contributed by atoms with Crippen LogP contribution in [0.1, 0.15) is 18.4 Å². The smallest absolute Gasteiger partial charge is 0.232 e. The largest absolute Gasteiger partial charge is 0.391 e. The van der Waals surface area contributed by atoms with Crippen molar-refractivity contribution in [3.63, 3.8) is 0 Å². The standard InChI is InChI=1S/C14H20N2O2S/c1-16(8-13(17)12-2-3-12)14(18)10-19-9-11-4-6-15-7-5-11/h4-7,12-13,17H,2-3,8-10H2,1H3. The lowest BCUT2D eigenvalue weighted by molar-refractivity contribution is -0.128. The van der Waals surface area contributed by atoms with Crippen LogP contribution in [0.25, 0.3) is 0 Å². The number of rotatable bonds is 7. The van der Waals surface area contributed by atoms with Crippen LogP contribution in [0.3, 0.4) is 0 Å². The molecule has 0 spiro atoms. The molecule has 0 saturated heterocycles. The van der Waals surface area contributed by atoms with E-state index in [1.54, 1.807) is 36.1 Å². The maximum Gasteiger partial charge on any atom is 0.232 e. The van der Waals surface area contributed by atoms with Crippen molar-refractivity contribution >= 4 is 17.7 Å². The van der Waals surface area contributed by atoms with Crippen molar-refractivity contribution in [3.05, 3.63) is 30.1 Å². The van der Waals surface area contributed by atoms with Crippen LogP contribution in [0.15, 0.2) is 24.5 Å². The Kier molecular flexibility index (Phi) is 5.22. The van der Waals surface area contributed by atoms with Crippen LogP contribution in [0.2, 0.25) is 0 Å². The van der Waals surface area contributed by atoms with Crippen molar-refractivity contribution in [2.75, 3.05) is 19.3 Å². The number of nitrogens with zero attached hydrogens (tertiary/aromatic N) is 2. The van der Waals surface area contributed by atoms with Gasteiger partial charge in [-0.3, -0.25) is 9.78 Å². The van der Waals surface area contributed by atoms with Crippen LogP contribution in [-0.4, -0.2) is 46.3 Å². The summed E-state index contributed by atoms with van der Waals surface area (Å²) in [6.07, 6.45) is 5.37. The predicted octanol–water partition coefficient (Wildman–Crippen LogP) is 1.54. The molecule has 0 radical (unpaired) electrons. The van der Waals surface area contributed by atoms with E-state index in [9.17, 15) is 9.90 Å². The lowest BCUT2D eigenvalue weighted by atomic mass is 10.2. The van der Waals surface area contributed by atoms with E-state index in [0.717, 1.165) is 18.6 Å². The zero-order chi connectivity index (χ0) is 13.7. The van der Waals surface area contributed by atoms with E-state index < -0.39 is 0 Å². The average Bonchev–Trinajstić information content (AvgIpc) is 3.24. The molecule has 0 aliphatic heterocycles. The molecule has 1 heterocycles. The van der Waals surface area contributed by atoms with E-state index in [-0.39, 0.29) is 12.0 Å². The highest BCUT2D eigenvalue weighted by Gasteiger charge is 2.30. The zero-order valence-electron chi connectivity index (χ0n) is 11.2. The van der Waals surface area contributed by atoms with Gasteiger partial charge >= 0.3 is 0 Å². The molecule has 1 fully saturated rings. The molecule has 1 aromatic heterocycles. The summed E-state index contributed by atoms with van der Waals surface area (Å²) in [5, 5.41) is 9.80. The molecule has 2 rings (SSSR count). The van der Waals surface area contributed by atoms with Crippen LogP contribution in [0.4, 0.5) is 0 Å². The monoisotopic (exact) mass is 280 g/mol. The number of aromatic nitrogens is 1. The predicted molar refractivity (Wildman–Crippen MR) is 76.8 cm³/mol. The molecule has 1 atom stereocenters. The Balaban J connectivity index is 1.65. The highest BCUT2D eigenvalue weighted by atomic mass is 32.2. The molecule has 1 aliphatic carbocycles. The SMILES string of the molecule is CN(CC(O)C1CC1)C(=O)CSCc1ccncc1. The minimum Gasteiger partial charge on any atom is -0.391 e. The third kappa shape index (κ3) is 4.84. The van der Waals surface area contributed by atoms with Crippen molar-refractivity contribution in [3.8, 4) is 0 Å². The van der Waals surface area contributed by atoms with E-state index in [1.807, 2.05) is 12.1 Å². The van der Waals surface area contributed by atoms with Crippen molar-refractivity contribution in [2.24, 2.45) is 5.92 Å². The first kappa shape index (κ1) is 14.3. The van der Waals surface area contributed by atoms with Gasteiger partial charge in [-0.25, -0.2) is 0 Å². The molecular weight excluding hydrogens is 260 g/mol.